The molecule has 1 saturated heterocycles. The Bertz CT molecular complexity index is 226. The first-order valence-corrected chi connectivity index (χ1v) is 4.91. The lowest BCUT2D eigenvalue weighted by atomic mass is 9.93. The van der Waals surface area contributed by atoms with Crippen LogP contribution in [-0.4, -0.2) is 57.5 Å². The fraction of sp³-hybridized carbons (Fsp3) is 1.00. The highest BCUT2D eigenvalue weighted by Gasteiger charge is 2.44. The maximum Gasteiger partial charge on any atom is 0.109 e. The standard InChI is InChI=1S/C7H20N6O3/c1-3-5(13(10)11)7(15)6(14)4(16-3)2-12(8)9/h3-7,14-15H,2,8-11H2,1H3/t3-,4?,5-,6+,7?/m1/s1. The van der Waals surface area contributed by atoms with Crippen LogP contribution >= 0.6 is 0 Å². The first-order chi connectivity index (χ1) is 7.34. The number of aliphatic hydroxyl groups excluding tert-OH is 2. The molecule has 0 aromatic rings. The third-order valence-electron chi connectivity index (χ3n) is 2.69. The van der Waals surface area contributed by atoms with E-state index in [0.717, 1.165) is 10.2 Å². The van der Waals surface area contributed by atoms with Crippen LogP contribution in [0.15, 0.2) is 0 Å². The van der Waals surface area contributed by atoms with E-state index < -0.39 is 30.5 Å². The average Bonchev–Trinajstić information content (AvgIpc) is 2.12. The summed E-state index contributed by atoms with van der Waals surface area (Å²) in [6.07, 6.45) is -3.40. The molecule has 1 fully saturated rings. The molecule has 2 unspecified atom stereocenters. The second-order valence-corrected chi connectivity index (χ2v) is 4.00. The van der Waals surface area contributed by atoms with Crippen molar-refractivity contribution in [2.45, 2.75) is 37.4 Å². The number of rotatable bonds is 3. The van der Waals surface area contributed by atoms with Crippen molar-refractivity contribution in [3.05, 3.63) is 0 Å². The Kier molecular flexibility index (Phi) is 4.55. The van der Waals surface area contributed by atoms with Crippen LogP contribution in [0.5, 0.6) is 0 Å². The van der Waals surface area contributed by atoms with E-state index in [2.05, 4.69) is 0 Å². The number of hydrogen-bond donors (Lipinski definition) is 6. The molecule has 0 aromatic carbocycles. The summed E-state index contributed by atoms with van der Waals surface area (Å²) in [7, 11) is 0. The van der Waals surface area contributed by atoms with Crippen LogP contribution < -0.4 is 23.4 Å². The van der Waals surface area contributed by atoms with Crippen molar-refractivity contribution in [1.29, 1.82) is 0 Å². The average molecular weight is 236 g/mol. The first kappa shape index (κ1) is 13.7. The van der Waals surface area contributed by atoms with E-state index >= 15 is 0 Å². The van der Waals surface area contributed by atoms with Gasteiger partial charge in [-0.25, -0.2) is 0 Å². The minimum absolute atomic E-state index is 0.0877. The lowest BCUT2D eigenvalue weighted by Gasteiger charge is -2.44. The van der Waals surface area contributed by atoms with E-state index in [-0.39, 0.29) is 6.54 Å². The van der Waals surface area contributed by atoms with Gasteiger partial charge in [0.25, 0.3) is 0 Å². The van der Waals surface area contributed by atoms with Crippen molar-refractivity contribution in [3.8, 4) is 0 Å². The van der Waals surface area contributed by atoms with Gasteiger partial charge in [0.05, 0.1) is 18.7 Å². The molecular formula is C7H20N6O3. The van der Waals surface area contributed by atoms with Gasteiger partial charge in [-0.3, -0.25) is 23.4 Å². The van der Waals surface area contributed by atoms with Gasteiger partial charge in [-0.1, -0.05) is 0 Å². The fourth-order valence-electron chi connectivity index (χ4n) is 1.91. The second kappa shape index (κ2) is 5.31. The summed E-state index contributed by atoms with van der Waals surface area (Å²) in [5.74, 6) is 21.2. The molecule has 0 saturated carbocycles. The maximum atomic E-state index is 9.83. The summed E-state index contributed by atoms with van der Waals surface area (Å²) in [5.41, 5.74) is 0. The van der Waals surface area contributed by atoms with Gasteiger partial charge in [0, 0.05) is 0 Å². The molecule has 0 amide bonds. The molecular weight excluding hydrogens is 216 g/mol. The molecule has 1 rings (SSSR count). The third kappa shape index (κ3) is 2.85. The zero-order chi connectivity index (χ0) is 12.5. The number of hydrogen-bond acceptors (Lipinski definition) is 9. The molecule has 1 aliphatic rings. The predicted octanol–water partition coefficient (Wildman–Crippen LogP) is -4.04. The van der Waals surface area contributed by atoms with E-state index in [1.54, 1.807) is 6.92 Å². The van der Waals surface area contributed by atoms with E-state index in [9.17, 15) is 10.2 Å². The van der Waals surface area contributed by atoms with Crippen LogP contribution in [0, 0.1) is 0 Å². The van der Waals surface area contributed by atoms with Gasteiger partial charge >= 0.3 is 0 Å². The Balaban J connectivity index is 2.71. The minimum atomic E-state index is -1.15. The number of hydrazine groups is 4. The highest BCUT2D eigenvalue weighted by molar-refractivity contribution is 4.94. The first-order valence-electron chi connectivity index (χ1n) is 4.91. The molecule has 0 bridgehead atoms. The molecule has 9 heteroatoms. The Hall–Kier alpha value is -0.360. The monoisotopic (exact) mass is 236 g/mol. The lowest BCUT2D eigenvalue weighted by Crippen LogP contribution is -2.67. The zero-order valence-electron chi connectivity index (χ0n) is 9.10. The number of aliphatic hydroxyl groups is 2. The van der Waals surface area contributed by atoms with Crippen molar-refractivity contribution in [1.82, 2.24) is 10.2 Å². The summed E-state index contributed by atoms with van der Waals surface area (Å²) >= 11 is 0. The summed E-state index contributed by atoms with van der Waals surface area (Å²) in [4.78, 5) is 0. The number of ether oxygens (including phenoxy) is 1. The van der Waals surface area contributed by atoms with Crippen molar-refractivity contribution < 1.29 is 14.9 Å². The molecule has 16 heavy (non-hydrogen) atoms. The van der Waals surface area contributed by atoms with E-state index in [1.807, 2.05) is 0 Å². The maximum absolute atomic E-state index is 9.83. The largest absolute Gasteiger partial charge is 0.388 e. The minimum Gasteiger partial charge on any atom is -0.388 e. The topological polar surface area (TPSA) is 160 Å². The molecule has 9 nitrogen and oxygen atoms in total. The quantitative estimate of drug-likeness (QED) is 0.212. The van der Waals surface area contributed by atoms with Crippen molar-refractivity contribution in [3.63, 3.8) is 0 Å². The van der Waals surface area contributed by atoms with Crippen LogP contribution in [-0.2, 0) is 4.74 Å². The van der Waals surface area contributed by atoms with Crippen molar-refractivity contribution in [2.24, 2.45) is 23.4 Å². The molecule has 1 heterocycles. The van der Waals surface area contributed by atoms with Crippen LogP contribution in [0.25, 0.3) is 0 Å². The SMILES string of the molecule is C[C@H]1OC(CN(N)N)[C@H](O)C(O)[C@@H]1N(N)N. The normalized spacial score (nSPS) is 40.7. The predicted molar refractivity (Wildman–Crippen MR) is 55.4 cm³/mol. The molecule has 1 aliphatic heterocycles. The summed E-state index contributed by atoms with van der Waals surface area (Å²) in [6, 6.07) is -0.685. The van der Waals surface area contributed by atoms with Gasteiger partial charge in [0.2, 0.25) is 0 Å². The summed E-state index contributed by atoms with van der Waals surface area (Å²) in [5, 5.41) is 21.3. The molecule has 0 spiro atoms. The third-order valence-corrected chi connectivity index (χ3v) is 2.69. The number of nitrogens with two attached hydrogens (primary N) is 4. The molecule has 96 valence electrons. The van der Waals surface area contributed by atoms with Gasteiger partial charge in [-0.05, 0) is 6.92 Å². The lowest BCUT2D eigenvalue weighted by molar-refractivity contribution is -0.206. The van der Waals surface area contributed by atoms with Crippen LogP contribution in [0.2, 0.25) is 0 Å². The Labute approximate surface area is 93.4 Å². The van der Waals surface area contributed by atoms with Gasteiger partial charge in [0.1, 0.15) is 18.3 Å². The van der Waals surface area contributed by atoms with Crippen molar-refractivity contribution in [2.75, 3.05) is 6.54 Å². The van der Waals surface area contributed by atoms with E-state index in [1.165, 1.54) is 0 Å². The molecule has 10 N–H and O–H groups in total. The molecule has 0 aliphatic carbocycles. The van der Waals surface area contributed by atoms with Crippen molar-refractivity contribution >= 4 is 0 Å². The van der Waals surface area contributed by atoms with Gasteiger partial charge in [0.15, 0.2) is 0 Å². The Morgan fingerprint density at radius 2 is 1.69 bits per heavy atom. The van der Waals surface area contributed by atoms with Gasteiger partial charge in [-0.15, -0.1) is 0 Å². The van der Waals surface area contributed by atoms with Crippen LogP contribution in [0.3, 0.4) is 0 Å². The fourth-order valence-corrected chi connectivity index (χ4v) is 1.91. The van der Waals surface area contributed by atoms with Gasteiger partial charge < -0.3 is 14.9 Å². The number of nitrogens with zero attached hydrogens (tertiary/aromatic N) is 2. The Morgan fingerprint density at radius 1 is 1.12 bits per heavy atom. The van der Waals surface area contributed by atoms with Gasteiger partial charge in [-0.2, -0.15) is 10.2 Å². The summed E-state index contributed by atoms with van der Waals surface area (Å²) < 4.78 is 5.44. The smallest absolute Gasteiger partial charge is 0.109 e. The highest BCUT2D eigenvalue weighted by atomic mass is 16.5. The highest BCUT2D eigenvalue weighted by Crippen LogP contribution is 2.22. The molecule has 5 atom stereocenters. The molecule has 0 aromatic heterocycles. The molecule has 0 radical (unpaired) electrons. The van der Waals surface area contributed by atoms with E-state index in [0.29, 0.717) is 0 Å². The van der Waals surface area contributed by atoms with Crippen LogP contribution in [0.4, 0.5) is 0 Å². The Morgan fingerprint density at radius 3 is 2.12 bits per heavy atom. The summed E-state index contributed by atoms with van der Waals surface area (Å²) in [6.45, 7) is 1.78. The zero-order valence-corrected chi connectivity index (χ0v) is 9.10. The second-order valence-electron chi connectivity index (χ2n) is 4.00. The van der Waals surface area contributed by atoms with E-state index in [4.69, 9.17) is 28.1 Å². The van der Waals surface area contributed by atoms with Crippen LogP contribution in [0.1, 0.15) is 6.92 Å².